The van der Waals surface area contributed by atoms with Gasteiger partial charge in [-0.3, -0.25) is 9.36 Å². The molecule has 0 aliphatic carbocycles. The highest BCUT2D eigenvalue weighted by Gasteiger charge is 2.20. The summed E-state index contributed by atoms with van der Waals surface area (Å²) >= 11 is 1.25. The molecule has 134 valence electrons. The van der Waals surface area contributed by atoms with E-state index in [1.54, 1.807) is 4.57 Å². The molecule has 2 N–H and O–H groups in total. The molecule has 1 unspecified atom stereocenters. The van der Waals surface area contributed by atoms with Crippen molar-refractivity contribution in [2.45, 2.75) is 44.1 Å². The van der Waals surface area contributed by atoms with Crippen molar-refractivity contribution >= 4 is 17.7 Å². The van der Waals surface area contributed by atoms with Gasteiger partial charge in [0, 0.05) is 13.2 Å². The van der Waals surface area contributed by atoms with E-state index in [0.29, 0.717) is 18.2 Å². The number of aromatic amines is 1. The number of rotatable bonds is 7. The van der Waals surface area contributed by atoms with Crippen molar-refractivity contribution in [2.75, 3.05) is 12.4 Å². The fourth-order valence-electron chi connectivity index (χ4n) is 2.75. The number of H-pyrrole nitrogens is 1. The number of hydrogen-bond donors (Lipinski definition) is 2. The fraction of sp³-hybridized carbons (Fsp3) is 0.471. The van der Waals surface area contributed by atoms with E-state index < -0.39 is 0 Å². The van der Waals surface area contributed by atoms with E-state index in [-0.39, 0.29) is 23.5 Å². The lowest BCUT2D eigenvalue weighted by atomic mass is 10.1. The van der Waals surface area contributed by atoms with E-state index in [4.69, 9.17) is 4.74 Å². The van der Waals surface area contributed by atoms with Crippen LogP contribution in [0.3, 0.4) is 0 Å². The minimum atomic E-state index is -0.265. The van der Waals surface area contributed by atoms with Gasteiger partial charge in [0.25, 0.3) is 0 Å². The van der Waals surface area contributed by atoms with E-state index in [9.17, 15) is 9.59 Å². The molecule has 25 heavy (non-hydrogen) atoms. The summed E-state index contributed by atoms with van der Waals surface area (Å²) in [7, 11) is 0. The predicted molar refractivity (Wildman–Crippen MR) is 95.6 cm³/mol. The molecule has 0 radical (unpaired) electrons. The van der Waals surface area contributed by atoms with Gasteiger partial charge in [-0.1, -0.05) is 36.0 Å². The van der Waals surface area contributed by atoms with E-state index in [2.05, 4.69) is 15.5 Å². The summed E-state index contributed by atoms with van der Waals surface area (Å²) in [6.07, 6.45) is 2.00. The van der Waals surface area contributed by atoms with Gasteiger partial charge in [-0.05, 0) is 30.9 Å². The highest BCUT2D eigenvalue weighted by atomic mass is 32.2. The van der Waals surface area contributed by atoms with Crippen molar-refractivity contribution in [3.05, 3.63) is 45.9 Å². The SMILES string of the molecule is Cc1ccccc1CNC(=O)CSc1n[nH]c(=O)n1CC1CCCO1. The molecule has 1 aliphatic heterocycles. The van der Waals surface area contributed by atoms with Crippen LogP contribution in [-0.2, 0) is 22.6 Å². The molecule has 0 spiro atoms. The maximum absolute atomic E-state index is 12.1. The predicted octanol–water partition coefficient (Wildman–Crippen LogP) is 1.47. The summed E-state index contributed by atoms with van der Waals surface area (Å²) in [6, 6.07) is 7.94. The first-order valence-electron chi connectivity index (χ1n) is 8.34. The number of hydrogen-bond acceptors (Lipinski definition) is 5. The van der Waals surface area contributed by atoms with Crippen LogP contribution in [0.2, 0.25) is 0 Å². The number of aromatic nitrogens is 3. The molecule has 3 rings (SSSR count). The largest absolute Gasteiger partial charge is 0.376 e. The van der Waals surface area contributed by atoms with Crippen molar-refractivity contribution in [1.29, 1.82) is 0 Å². The average Bonchev–Trinajstić information content (AvgIpc) is 3.24. The molecule has 0 saturated carbocycles. The van der Waals surface area contributed by atoms with Crippen LogP contribution in [0.15, 0.2) is 34.2 Å². The Balaban J connectivity index is 1.52. The number of thioether (sulfide) groups is 1. The quantitative estimate of drug-likeness (QED) is 0.728. The number of nitrogens with one attached hydrogen (secondary N) is 2. The lowest BCUT2D eigenvalue weighted by Crippen LogP contribution is -2.27. The summed E-state index contributed by atoms with van der Waals surface area (Å²) in [4.78, 5) is 24.0. The molecule has 7 nitrogen and oxygen atoms in total. The summed E-state index contributed by atoms with van der Waals surface area (Å²) in [6.45, 7) is 3.72. The first-order chi connectivity index (χ1) is 12.1. The van der Waals surface area contributed by atoms with E-state index in [0.717, 1.165) is 30.6 Å². The molecule has 2 aromatic rings. The Bertz CT molecular complexity index is 780. The van der Waals surface area contributed by atoms with Crippen LogP contribution < -0.4 is 11.0 Å². The minimum absolute atomic E-state index is 0.0459. The topological polar surface area (TPSA) is 89.0 Å². The molecular formula is C17H22N4O3S. The van der Waals surface area contributed by atoms with Gasteiger partial charge >= 0.3 is 5.69 Å². The second-order valence-corrected chi connectivity index (χ2v) is 6.99. The zero-order chi connectivity index (χ0) is 17.6. The standard InChI is InChI=1S/C17H22N4O3S/c1-12-5-2-3-6-13(12)9-18-15(22)11-25-17-20-19-16(23)21(17)10-14-7-4-8-24-14/h2-3,5-6,14H,4,7-11H2,1H3,(H,18,22)(H,19,23). The molecule has 1 atom stereocenters. The third kappa shape index (κ3) is 4.73. The van der Waals surface area contributed by atoms with Gasteiger partial charge in [0.1, 0.15) is 0 Å². The zero-order valence-corrected chi connectivity index (χ0v) is 15.0. The van der Waals surface area contributed by atoms with Crippen LogP contribution in [0, 0.1) is 6.92 Å². The monoisotopic (exact) mass is 362 g/mol. The number of carbonyl (C=O) groups excluding carboxylic acids is 1. The van der Waals surface area contributed by atoms with Crippen LogP contribution in [0.1, 0.15) is 24.0 Å². The van der Waals surface area contributed by atoms with Crippen molar-refractivity contribution in [1.82, 2.24) is 20.1 Å². The van der Waals surface area contributed by atoms with Crippen LogP contribution in [-0.4, -0.2) is 39.1 Å². The number of aryl methyl sites for hydroxylation is 1. The first-order valence-corrected chi connectivity index (χ1v) is 9.33. The molecule has 1 aromatic heterocycles. The number of amides is 1. The zero-order valence-electron chi connectivity index (χ0n) is 14.2. The highest BCUT2D eigenvalue weighted by Crippen LogP contribution is 2.18. The molecule has 8 heteroatoms. The smallest absolute Gasteiger partial charge is 0.344 e. The third-order valence-corrected chi connectivity index (χ3v) is 5.18. The Kier molecular flexibility index (Phi) is 5.93. The van der Waals surface area contributed by atoms with Gasteiger partial charge in [-0.25, -0.2) is 9.89 Å². The number of nitrogens with zero attached hydrogens (tertiary/aromatic N) is 2. The minimum Gasteiger partial charge on any atom is -0.376 e. The maximum Gasteiger partial charge on any atom is 0.344 e. The van der Waals surface area contributed by atoms with Crippen LogP contribution in [0.5, 0.6) is 0 Å². The fourth-order valence-corrected chi connectivity index (χ4v) is 3.54. The van der Waals surface area contributed by atoms with Gasteiger partial charge in [0.05, 0.1) is 18.4 Å². The molecule has 1 fully saturated rings. The lowest BCUT2D eigenvalue weighted by molar-refractivity contribution is -0.118. The Morgan fingerprint density at radius 1 is 1.48 bits per heavy atom. The highest BCUT2D eigenvalue weighted by molar-refractivity contribution is 7.99. The lowest BCUT2D eigenvalue weighted by Gasteiger charge is -2.11. The molecule has 1 amide bonds. The molecule has 1 saturated heterocycles. The van der Waals surface area contributed by atoms with Crippen LogP contribution in [0.4, 0.5) is 0 Å². The number of carbonyl (C=O) groups is 1. The van der Waals surface area contributed by atoms with Crippen molar-refractivity contribution in [2.24, 2.45) is 0 Å². The summed E-state index contributed by atoms with van der Waals surface area (Å²) in [5.41, 5.74) is 1.97. The van der Waals surface area contributed by atoms with Crippen LogP contribution >= 0.6 is 11.8 Å². The van der Waals surface area contributed by atoms with E-state index in [1.165, 1.54) is 11.8 Å². The number of benzene rings is 1. The Labute approximate surface area is 150 Å². The molecule has 1 aromatic carbocycles. The van der Waals surface area contributed by atoms with Gasteiger partial charge in [0.15, 0.2) is 5.16 Å². The maximum atomic E-state index is 12.1. The van der Waals surface area contributed by atoms with Crippen molar-refractivity contribution in [3.8, 4) is 0 Å². The summed E-state index contributed by atoms with van der Waals surface area (Å²) in [5, 5.41) is 9.88. The third-order valence-electron chi connectivity index (χ3n) is 4.20. The Morgan fingerprint density at radius 2 is 2.32 bits per heavy atom. The average molecular weight is 362 g/mol. The normalized spacial score (nSPS) is 16.9. The first kappa shape index (κ1) is 17.8. The molecular weight excluding hydrogens is 340 g/mol. The van der Waals surface area contributed by atoms with Crippen molar-refractivity contribution in [3.63, 3.8) is 0 Å². The Morgan fingerprint density at radius 3 is 3.08 bits per heavy atom. The number of ether oxygens (including phenoxy) is 1. The van der Waals surface area contributed by atoms with Gasteiger partial charge in [-0.2, -0.15) is 0 Å². The Hall–Kier alpha value is -2.06. The second kappa shape index (κ2) is 8.35. The van der Waals surface area contributed by atoms with Crippen LogP contribution in [0.25, 0.3) is 0 Å². The van der Waals surface area contributed by atoms with Gasteiger partial charge in [0.2, 0.25) is 5.91 Å². The second-order valence-electron chi connectivity index (χ2n) is 6.05. The molecule has 2 heterocycles. The summed E-state index contributed by atoms with van der Waals surface area (Å²) in [5.74, 6) is 0.120. The van der Waals surface area contributed by atoms with E-state index in [1.807, 2.05) is 31.2 Å². The van der Waals surface area contributed by atoms with E-state index >= 15 is 0 Å². The summed E-state index contributed by atoms with van der Waals surface area (Å²) < 4.78 is 7.12. The molecule has 0 bridgehead atoms. The molecule has 1 aliphatic rings. The van der Waals surface area contributed by atoms with Crippen molar-refractivity contribution < 1.29 is 9.53 Å². The van der Waals surface area contributed by atoms with Gasteiger partial charge < -0.3 is 10.1 Å². The van der Waals surface area contributed by atoms with Gasteiger partial charge in [-0.15, -0.1) is 5.10 Å².